The lowest BCUT2D eigenvalue weighted by Crippen LogP contribution is -2.39. The second-order valence-electron chi connectivity index (χ2n) is 9.38. The number of Topliss-reactive ketones (excluding diaryl/α,β-unsaturated/α-hetero) is 1. The van der Waals surface area contributed by atoms with Crippen LogP contribution in [0.15, 0.2) is 65.1 Å². The standard InChI is InChI=1S/C26H29N3O3/c1-15-6-11-21(27-14-15)29-25(31)22-16(2)28-19-12-26(3,4)13-20(30)24(19)23(22)17-7-9-18(32-5)10-8-17/h6-11,14,23,28H,12-13H2,1-5H3,(H,27,29,31)/t23-/m1/s1. The average molecular weight is 432 g/mol. The lowest BCUT2D eigenvalue weighted by Gasteiger charge is -2.39. The number of allylic oxidation sites excluding steroid dienone is 3. The van der Waals surface area contributed by atoms with Gasteiger partial charge in [0.25, 0.3) is 5.91 Å². The number of nitrogens with one attached hydrogen (secondary N) is 2. The van der Waals surface area contributed by atoms with Gasteiger partial charge in [0.05, 0.1) is 7.11 Å². The topological polar surface area (TPSA) is 80.3 Å². The number of benzene rings is 1. The summed E-state index contributed by atoms with van der Waals surface area (Å²) in [6.07, 6.45) is 2.92. The molecule has 6 heteroatoms. The average Bonchev–Trinajstić information content (AvgIpc) is 2.73. The highest BCUT2D eigenvalue weighted by molar-refractivity contribution is 6.09. The minimum absolute atomic E-state index is 0.0795. The molecular weight excluding hydrogens is 402 g/mol. The lowest BCUT2D eigenvalue weighted by atomic mass is 9.68. The SMILES string of the molecule is COc1ccc([C@@H]2C(C(=O)Nc3ccc(C)cn3)=C(C)NC3=C2C(=O)CC(C)(C)C3)cc1. The maximum Gasteiger partial charge on any atom is 0.255 e. The smallest absolute Gasteiger partial charge is 0.255 e. The molecule has 166 valence electrons. The van der Waals surface area contributed by atoms with E-state index in [1.165, 1.54) is 0 Å². The Labute approximate surface area is 188 Å². The van der Waals surface area contributed by atoms with Crippen molar-refractivity contribution in [2.75, 3.05) is 12.4 Å². The fraction of sp³-hybridized carbons (Fsp3) is 0.346. The predicted molar refractivity (Wildman–Crippen MR) is 124 cm³/mol. The first-order chi connectivity index (χ1) is 15.2. The van der Waals surface area contributed by atoms with Gasteiger partial charge in [-0.2, -0.15) is 0 Å². The Hall–Kier alpha value is -3.41. The van der Waals surface area contributed by atoms with Crippen molar-refractivity contribution in [1.29, 1.82) is 0 Å². The van der Waals surface area contributed by atoms with E-state index < -0.39 is 5.92 Å². The molecule has 2 aromatic rings. The molecule has 0 unspecified atom stereocenters. The minimum Gasteiger partial charge on any atom is -0.497 e. The zero-order valence-electron chi connectivity index (χ0n) is 19.2. The van der Waals surface area contributed by atoms with Crippen molar-refractivity contribution in [3.63, 3.8) is 0 Å². The summed E-state index contributed by atoms with van der Waals surface area (Å²) in [6.45, 7) is 8.04. The van der Waals surface area contributed by atoms with Crippen LogP contribution in [0.5, 0.6) is 5.75 Å². The van der Waals surface area contributed by atoms with Crippen molar-refractivity contribution in [3.05, 3.63) is 76.3 Å². The Morgan fingerprint density at radius 1 is 1.12 bits per heavy atom. The molecule has 1 aromatic carbocycles. The number of methoxy groups -OCH3 is 1. The second-order valence-corrected chi connectivity index (χ2v) is 9.38. The molecule has 0 saturated carbocycles. The van der Waals surface area contributed by atoms with Gasteiger partial charge in [-0.1, -0.05) is 32.0 Å². The van der Waals surface area contributed by atoms with Crippen LogP contribution in [0.2, 0.25) is 0 Å². The number of aryl methyl sites for hydroxylation is 1. The third-order valence-electron chi connectivity index (χ3n) is 6.09. The van der Waals surface area contributed by atoms with Crippen LogP contribution >= 0.6 is 0 Å². The van der Waals surface area contributed by atoms with Gasteiger partial charge in [-0.05, 0) is 55.0 Å². The molecule has 1 amide bonds. The van der Waals surface area contributed by atoms with Gasteiger partial charge in [-0.3, -0.25) is 9.59 Å². The van der Waals surface area contributed by atoms with Crippen molar-refractivity contribution >= 4 is 17.5 Å². The van der Waals surface area contributed by atoms with Crippen molar-refractivity contribution in [1.82, 2.24) is 10.3 Å². The van der Waals surface area contributed by atoms with Gasteiger partial charge in [-0.25, -0.2) is 4.98 Å². The zero-order valence-corrected chi connectivity index (χ0v) is 19.2. The van der Waals surface area contributed by atoms with Gasteiger partial charge in [0.15, 0.2) is 5.78 Å². The first-order valence-corrected chi connectivity index (χ1v) is 10.8. The van der Waals surface area contributed by atoms with Crippen molar-refractivity contribution in [2.24, 2.45) is 5.41 Å². The van der Waals surface area contributed by atoms with Crippen LogP contribution < -0.4 is 15.4 Å². The number of hydrogen-bond acceptors (Lipinski definition) is 5. The van der Waals surface area contributed by atoms with E-state index in [1.54, 1.807) is 19.4 Å². The number of nitrogens with zero attached hydrogens (tertiary/aromatic N) is 1. The summed E-state index contributed by atoms with van der Waals surface area (Å²) >= 11 is 0. The van der Waals surface area contributed by atoms with E-state index in [9.17, 15) is 9.59 Å². The number of carbonyl (C=O) groups is 2. The minimum atomic E-state index is -0.453. The Bertz CT molecular complexity index is 1130. The molecule has 1 atom stereocenters. The fourth-order valence-corrected chi connectivity index (χ4v) is 4.59. The molecule has 0 saturated heterocycles. The summed E-state index contributed by atoms with van der Waals surface area (Å²) in [4.78, 5) is 31.1. The quantitative estimate of drug-likeness (QED) is 0.737. The van der Waals surface area contributed by atoms with Crippen LogP contribution in [0.25, 0.3) is 0 Å². The summed E-state index contributed by atoms with van der Waals surface area (Å²) in [5, 5.41) is 6.30. The molecule has 2 heterocycles. The molecule has 0 radical (unpaired) electrons. The third kappa shape index (κ3) is 4.17. The molecule has 4 rings (SSSR count). The van der Waals surface area contributed by atoms with E-state index in [1.807, 2.05) is 44.2 Å². The van der Waals surface area contributed by atoms with E-state index in [-0.39, 0.29) is 17.1 Å². The highest BCUT2D eigenvalue weighted by Crippen LogP contribution is 2.46. The van der Waals surface area contributed by atoms with E-state index >= 15 is 0 Å². The van der Waals surface area contributed by atoms with Crippen LogP contribution in [0, 0.1) is 12.3 Å². The summed E-state index contributed by atoms with van der Waals surface area (Å²) < 4.78 is 5.30. The second kappa shape index (κ2) is 8.26. The van der Waals surface area contributed by atoms with Gasteiger partial charge in [0, 0.05) is 41.1 Å². The first-order valence-electron chi connectivity index (χ1n) is 10.8. The van der Waals surface area contributed by atoms with Gasteiger partial charge in [-0.15, -0.1) is 0 Å². The Morgan fingerprint density at radius 3 is 2.47 bits per heavy atom. The van der Waals surface area contributed by atoms with E-state index in [4.69, 9.17) is 4.74 Å². The number of pyridine rings is 1. The largest absolute Gasteiger partial charge is 0.497 e. The number of dihydropyridines is 1. The van der Waals surface area contributed by atoms with Gasteiger partial charge in [0.2, 0.25) is 0 Å². The summed E-state index contributed by atoms with van der Waals surface area (Å²) in [5.74, 6) is 0.562. The fourth-order valence-electron chi connectivity index (χ4n) is 4.59. The van der Waals surface area contributed by atoms with Crippen molar-refractivity contribution in [2.45, 2.75) is 46.5 Å². The van der Waals surface area contributed by atoms with E-state index in [0.717, 1.165) is 34.7 Å². The number of hydrogen-bond donors (Lipinski definition) is 2. The van der Waals surface area contributed by atoms with Crippen LogP contribution in [-0.2, 0) is 9.59 Å². The number of anilines is 1. The number of ketones is 1. The molecule has 0 spiro atoms. The molecule has 32 heavy (non-hydrogen) atoms. The molecule has 1 aliphatic heterocycles. The molecule has 6 nitrogen and oxygen atoms in total. The predicted octanol–water partition coefficient (Wildman–Crippen LogP) is 4.64. The van der Waals surface area contributed by atoms with Gasteiger partial charge in [0.1, 0.15) is 11.6 Å². The Kier molecular flexibility index (Phi) is 5.63. The molecule has 1 aromatic heterocycles. The number of ether oxygens (including phenoxy) is 1. The lowest BCUT2D eigenvalue weighted by molar-refractivity contribution is -0.118. The van der Waals surface area contributed by atoms with Crippen LogP contribution in [0.1, 0.15) is 50.7 Å². The van der Waals surface area contributed by atoms with E-state index in [2.05, 4.69) is 29.5 Å². The Balaban J connectivity index is 1.79. The summed E-state index contributed by atoms with van der Waals surface area (Å²) in [6, 6.07) is 11.3. The van der Waals surface area contributed by atoms with Gasteiger partial charge < -0.3 is 15.4 Å². The highest BCUT2D eigenvalue weighted by Gasteiger charge is 2.42. The van der Waals surface area contributed by atoms with Gasteiger partial charge >= 0.3 is 0 Å². The maximum absolute atomic E-state index is 13.5. The first kappa shape index (κ1) is 21.8. The molecular formula is C26H29N3O3. The Morgan fingerprint density at radius 2 is 1.84 bits per heavy atom. The number of rotatable bonds is 4. The van der Waals surface area contributed by atoms with Crippen LogP contribution in [-0.4, -0.2) is 23.8 Å². The maximum atomic E-state index is 13.5. The molecule has 1 aliphatic carbocycles. The number of aromatic nitrogens is 1. The molecule has 0 bridgehead atoms. The summed E-state index contributed by atoms with van der Waals surface area (Å²) in [5.41, 5.74) is 4.65. The number of amides is 1. The van der Waals surface area contributed by atoms with Crippen LogP contribution in [0.4, 0.5) is 5.82 Å². The normalized spacial score (nSPS) is 19.9. The number of carbonyl (C=O) groups excluding carboxylic acids is 2. The highest BCUT2D eigenvalue weighted by atomic mass is 16.5. The molecule has 2 aliphatic rings. The summed E-state index contributed by atoms with van der Waals surface area (Å²) in [7, 11) is 1.62. The van der Waals surface area contributed by atoms with Crippen LogP contribution in [0.3, 0.4) is 0 Å². The zero-order chi connectivity index (χ0) is 23.0. The van der Waals surface area contributed by atoms with E-state index in [0.29, 0.717) is 23.4 Å². The third-order valence-corrected chi connectivity index (χ3v) is 6.09. The monoisotopic (exact) mass is 431 g/mol. The molecule has 0 fully saturated rings. The molecule has 2 N–H and O–H groups in total. The van der Waals surface area contributed by atoms with Crippen molar-refractivity contribution < 1.29 is 14.3 Å². The van der Waals surface area contributed by atoms with Crippen molar-refractivity contribution in [3.8, 4) is 5.75 Å².